The number of benzene rings is 1. The van der Waals surface area contributed by atoms with E-state index in [1.165, 1.54) is 24.3 Å². The maximum Gasteiger partial charge on any atom is 0.305 e. The molecule has 9 heteroatoms. The zero-order chi connectivity index (χ0) is 16.3. The summed E-state index contributed by atoms with van der Waals surface area (Å²) in [6.45, 7) is -0.202. The van der Waals surface area contributed by atoms with E-state index in [0.717, 1.165) is 4.90 Å². The molecule has 0 aromatic heterocycles. The Labute approximate surface area is 128 Å². The molecule has 0 unspecified atom stereocenters. The van der Waals surface area contributed by atoms with E-state index in [1.54, 1.807) is 6.07 Å². The van der Waals surface area contributed by atoms with Crippen LogP contribution in [-0.4, -0.2) is 38.6 Å². The highest BCUT2D eigenvalue weighted by Crippen LogP contribution is 2.32. The summed E-state index contributed by atoms with van der Waals surface area (Å²) in [6, 6.07) is 5.64. The number of carbonyl (C=O) groups excluding carboxylic acids is 2. The second kappa shape index (κ2) is 6.39. The molecule has 0 saturated carbocycles. The van der Waals surface area contributed by atoms with Crippen molar-refractivity contribution < 1.29 is 24.4 Å². The number of imide groups is 1. The van der Waals surface area contributed by atoms with Gasteiger partial charge >= 0.3 is 5.97 Å². The summed E-state index contributed by atoms with van der Waals surface area (Å²) in [5.41, 5.74) is 0.289. The van der Waals surface area contributed by atoms with Crippen LogP contribution in [0.3, 0.4) is 0 Å². The molecule has 8 nitrogen and oxygen atoms in total. The highest BCUT2D eigenvalue weighted by Gasteiger charge is 2.35. The van der Waals surface area contributed by atoms with Gasteiger partial charge in [-0.05, 0) is 23.4 Å². The van der Waals surface area contributed by atoms with E-state index in [9.17, 15) is 24.5 Å². The third kappa shape index (κ3) is 3.50. The van der Waals surface area contributed by atoms with Crippen LogP contribution in [0.1, 0.15) is 12.0 Å². The Bertz CT molecular complexity index is 700. The first-order valence-corrected chi connectivity index (χ1v) is 6.92. The highest BCUT2D eigenvalue weighted by atomic mass is 32.2. The minimum absolute atomic E-state index is 0.107. The fraction of sp³-hybridized carbons (Fsp3) is 0.154. The molecule has 0 aliphatic carbocycles. The lowest BCUT2D eigenvalue weighted by atomic mass is 10.2. The molecule has 1 fully saturated rings. The number of carboxylic acids is 1. The van der Waals surface area contributed by atoms with Gasteiger partial charge in [-0.3, -0.25) is 29.4 Å². The number of carboxylic acid groups (broad SMARTS) is 1. The predicted molar refractivity (Wildman–Crippen MR) is 78.0 cm³/mol. The topological polar surface area (TPSA) is 118 Å². The molecule has 22 heavy (non-hydrogen) atoms. The van der Waals surface area contributed by atoms with Crippen molar-refractivity contribution >= 4 is 40.6 Å². The molecule has 0 bridgehead atoms. The number of nitrogens with zero attached hydrogens (tertiary/aromatic N) is 2. The number of nitro groups is 1. The van der Waals surface area contributed by atoms with Gasteiger partial charge in [0.15, 0.2) is 0 Å². The molecule has 1 aliphatic heterocycles. The van der Waals surface area contributed by atoms with Crippen molar-refractivity contribution in [3.8, 4) is 0 Å². The summed E-state index contributed by atoms with van der Waals surface area (Å²) in [7, 11) is 0. The highest BCUT2D eigenvalue weighted by molar-refractivity contribution is 8.18. The van der Waals surface area contributed by atoms with Gasteiger partial charge in [0.2, 0.25) is 0 Å². The van der Waals surface area contributed by atoms with Crippen molar-refractivity contribution in [2.24, 2.45) is 0 Å². The first-order valence-electron chi connectivity index (χ1n) is 6.10. The van der Waals surface area contributed by atoms with E-state index in [0.29, 0.717) is 17.3 Å². The average Bonchev–Trinajstić information content (AvgIpc) is 2.71. The van der Waals surface area contributed by atoms with E-state index in [1.807, 2.05) is 0 Å². The van der Waals surface area contributed by atoms with Crippen LogP contribution in [-0.2, 0) is 9.59 Å². The Kier molecular flexibility index (Phi) is 4.56. The third-order valence-corrected chi connectivity index (χ3v) is 3.71. The van der Waals surface area contributed by atoms with E-state index in [-0.39, 0.29) is 23.6 Å². The predicted octanol–water partition coefficient (Wildman–Crippen LogP) is 2.11. The van der Waals surface area contributed by atoms with E-state index in [4.69, 9.17) is 5.11 Å². The molecule has 0 atom stereocenters. The summed E-state index contributed by atoms with van der Waals surface area (Å²) in [5.74, 6) is -1.70. The summed E-state index contributed by atoms with van der Waals surface area (Å²) in [5, 5.41) is 18.7. The number of non-ortho nitro benzene ring substituents is 1. The van der Waals surface area contributed by atoms with Crippen LogP contribution in [0.4, 0.5) is 10.5 Å². The van der Waals surface area contributed by atoms with Crippen molar-refractivity contribution in [3.63, 3.8) is 0 Å². The number of hydrogen-bond donors (Lipinski definition) is 1. The Hall–Kier alpha value is -2.68. The molecular weight excluding hydrogens is 312 g/mol. The summed E-state index contributed by atoms with van der Waals surface area (Å²) in [6.07, 6.45) is 1.04. The van der Waals surface area contributed by atoms with Crippen LogP contribution in [0.5, 0.6) is 0 Å². The first-order chi connectivity index (χ1) is 10.4. The Morgan fingerprint density at radius 1 is 1.41 bits per heavy atom. The number of thioether (sulfide) groups is 1. The van der Waals surface area contributed by atoms with Gasteiger partial charge in [-0.2, -0.15) is 0 Å². The van der Waals surface area contributed by atoms with Crippen LogP contribution in [0.2, 0.25) is 0 Å². The largest absolute Gasteiger partial charge is 0.481 e. The van der Waals surface area contributed by atoms with Crippen LogP contribution < -0.4 is 0 Å². The molecule has 1 heterocycles. The monoisotopic (exact) mass is 322 g/mol. The van der Waals surface area contributed by atoms with Gasteiger partial charge in [-0.1, -0.05) is 12.1 Å². The maximum absolute atomic E-state index is 12.0. The molecule has 1 N–H and O–H groups in total. The zero-order valence-corrected chi connectivity index (χ0v) is 11.9. The lowest BCUT2D eigenvalue weighted by Gasteiger charge is -2.09. The van der Waals surface area contributed by atoms with Gasteiger partial charge in [-0.25, -0.2) is 0 Å². The number of rotatable bonds is 5. The minimum atomic E-state index is -1.11. The second-order valence-electron chi connectivity index (χ2n) is 4.33. The molecule has 0 spiro atoms. The van der Waals surface area contributed by atoms with Gasteiger partial charge < -0.3 is 5.11 Å². The number of hydrogen-bond acceptors (Lipinski definition) is 6. The van der Waals surface area contributed by atoms with Crippen LogP contribution in [0.25, 0.3) is 6.08 Å². The second-order valence-corrected chi connectivity index (χ2v) is 5.32. The Morgan fingerprint density at radius 3 is 2.77 bits per heavy atom. The molecule has 1 aliphatic rings. The maximum atomic E-state index is 12.0. The van der Waals surface area contributed by atoms with Crippen LogP contribution >= 0.6 is 11.8 Å². The molecule has 0 radical (unpaired) electrons. The molecule has 1 saturated heterocycles. The standard InChI is InChI=1S/C13H10N2O6S/c16-11(17)4-5-14-12(18)10(22-13(14)19)7-8-2-1-3-9(6-8)15(20)21/h1-3,6-7H,4-5H2,(H,16,17)/b10-7+. The van der Waals surface area contributed by atoms with E-state index < -0.39 is 22.0 Å². The molecular formula is C13H10N2O6S. The fourth-order valence-electron chi connectivity index (χ4n) is 1.78. The van der Waals surface area contributed by atoms with Gasteiger partial charge in [0.05, 0.1) is 16.2 Å². The van der Waals surface area contributed by atoms with Gasteiger partial charge in [0.1, 0.15) is 0 Å². The van der Waals surface area contributed by atoms with E-state index >= 15 is 0 Å². The smallest absolute Gasteiger partial charge is 0.305 e. The van der Waals surface area contributed by atoms with Gasteiger partial charge in [0, 0.05) is 18.7 Å². The SMILES string of the molecule is O=C(O)CCN1C(=O)S/C(=C/c2cccc([N+](=O)[O-])c2)C1=O. The fourth-order valence-corrected chi connectivity index (χ4v) is 2.64. The molecule has 1 aromatic rings. The molecule has 114 valence electrons. The first kappa shape index (κ1) is 15.7. The minimum Gasteiger partial charge on any atom is -0.481 e. The molecule has 2 rings (SSSR count). The van der Waals surface area contributed by atoms with Crippen molar-refractivity contribution in [2.45, 2.75) is 6.42 Å². The lowest BCUT2D eigenvalue weighted by Crippen LogP contribution is -2.30. The summed E-state index contributed by atoms with van der Waals surface area (Å²) < 4.78 is 0. The van der Waals surface area contributed by atoms with Gasteiger partial charge in [-0.15, -0.1) is 0 Å². The zero-order valence-electron chi connectivity index (χ0n) is 11.1. The lowest BCUT2D eigenvalue weighted by molar-refractivity contribution is -0.384. The molecule has 1 aromatic carbocycles. The normalized spacial score (nSPS) is 16.4. The number of aliphatic carboxylic acids is 1. The number of carbonyl (C=O) groups is 3. The quantitative estimate of drug-likeness (QED) is 0.501. The van der Waals surface area contributed by atoms with Crippen LogP contribution in [0, 0.1) is 10.1 Å². The van der Waals surface area contributed by atoms with Crippen molar-refractivity contribution in [3.05, 3.63) is 44.8 Å². The Balaban J connectivity index is 2.21. The summed E-state index contributed by atoms with van der Waals surface area (Å²) in [4.78, 5) is 45.3. The number of amides is 2. The third-order valence-electron chi connectivity index (χ3n) is 2.80. The van der Waals surface area contributed by atoms with E-state index in [2.05, 4.69) is 0 Å². The Morgan fingerprint density at radius 2 is 2.14 bits per heavy atom. The average molecular weight is 322 g/mol. The number of nitro benzene ring substituents is 1. The van der Waals surface area contributed by atoms with Crippen molar-refractivity contribution in [2.75, 3.05) is 6.54 Å². The van der Waals surface area contributed by atoms with Crippen LogP contribution in [0.15, 0.2) is 29.2 Å². The van der Waals surface area contributed by atoms with Crippen molar-refractivity contribution in [1.29, 1.82) is 0 Å². The van der Waals surface area contributed by atoms with Crippen molar-refractivity contribution in [1.82, 2.24) is 4.90 Å². The molecule has 2 amide bonds. The van der Waals surface area contributed by atoms with Gasteiger partial charge in [0.25, 0.3) is 16.8 Å². The summed E-state index contributed by atoms with van der Waals surface area (Å²) >= 11 is 0.678.